The molecule has 1 fully saturated rings. The van der Waals surface area contributed by atoms with Crippen LogP contribution in [0.15, 0.2) is 54.6 Å². The number of pyridine rings is 1. The number of alkyl halides is 3. The van der Waals surface area contributed by atoms with Gasteiger partial charge in [0.25, 0.3) is 0 Å². The van der Waals surface area contributed by atoms with Gasteiger partial charge in [-0.05, 0) is 49.8 Å². The van der Waals surface area contributed by atoms with Gasteiger partial charge in [0.1, 0.15) is 5.82 Å². The van der Waals surface area contributed by atoms with Crippen molar-refractivity contribution in [1.82, 2.24) is 4.98 Å². The van der Waals surface area contributed by atoms with Crippen LogP contribution >= 0.6 is 0 Å². The highest BCUT2D eigenvalue weighted by Crippen LogP contribution is 2.38. The van der Waals surface area contributed by atoms with Gasteiger partial charge in [-0.1, -0.05) is 30.3 Å². The van der Waals surface area contributed by atoms with Gasteiger partial charge in [-0.3, -0.25) is 4.90 Å². The number of carbonyl (C=O) groups excluding carboxylic acids is 1. The van der Waals surface area contributed by atoms with Crippen LogP contribution in [-0.2, 0) is 6.18 Å². The number of halogens is 3. The zero-order valence-corrected chi connectivity index (χ0v) is 19.8. The van der Waals surface area contributed by atoms with Crippen molar-refractivity contribution < 1.29 is 18.0 Å². The topological polar surface area (TPSA) is 74.5 Å². The maximum atomic E-state index is 13.5. The Kier molecular flexibility index (Phi) is 7.05. The number of hydrogen-bond donors (Lipinski definition) is 2. The van der Waals surface area contributed by atoms with Gasteiger partial charge >= 0.3 is 12.2 Å². The first-order valence-corrected chi connectivity index (χ1v) is 11.7. The van der Waals surface area contributed by atoms with Crippen LogP contribution < -0.4 is 20.9 Å². The summed E-state index contributed by atoms with van der Waals surface area (Å²) in [4.78, 5) is 20.0. The molecule has 1 saturated carbocycles. The quantitative estimate of drug-likeness (QED) is 0.458. The van der Waals surface area contributed by atoms with Gasteiger partial charge in [0.05, 0.1) is 16.8 Å². The van der Waals surface area contributed by atoms with Crippen LogP contribution in [0.25, 0.3) is 10.9 Å². The van der Waals surface area contributed by atoms with Crippen molar-refractivity contribution in [3.63, 3.8) is 0 Å². The van der Waals surface area contributed by atoms with Crippen molar-refractivity contribution >= 4 is 34.1 Å². The standard InChI is InChI=1S/C26H30F3N5O/c1-33(2)23-15-24(32-21-9-5-3-7-19(21)23)31-18-13-11-17(12-14-18)16-34(25(30)35)22-10-6-4-8-20(22)26(27,28)29/h3-10,15,17-18H,11-14,16H2,1-2H3,(H2,30,35)(H,31,32). The Bertz CT molecular complexity index is 1190. The molecule has 4 rings (SSSR count). The lowest BCUT2D eigenvalue weighted by molar-refractivity contribution is -0.137. The van der Waals surface area contributed by atoms with Crippen LogP contribution in [0.4, 0.5) is 35.2 Å². The Hall–Kier alpha value is -3.49. The zero-order chi connectivity index (χ0) is 25.2. The predicted molar refractivity (Wildman–Crippen MR) is 134 cm³/mol. The largest absolute Gasteiger partial charge is 0.418 e. The lowest BCUT2D eigenvalue weighted by atomic mass is 9.85. The number of amides is 2. The number of rotatable bonds is 6. The fourth-order valence-electron chi connectivity index (χ4n) is 4.81. The number of fused-ring (bicyclic) bond motifs is 1. The van der Waals surface area contributed by atoms with E-state index in [0.29, 0.717) is 0 Å². The number of nitrogens with one attached hydrogen (secondary N) is 1. The number of carbonyl (C=O) groups is 1. The molecule has 0 spiro atoms. The maximum Gasteiger partial charge on any atom is 0.418 e. The van der Waals surface area contributed by atoms with Crippen LogP contribution in [0, 0.1) is 5.92 Å². The van der Waals surface area contributed by atoms with E-state index in [0.717, 1.165) is 59.1 Å². The van der Waals surface area contributed by atoms with Gasteiger partial charge in [0.15, 0.2) is 0 Å². The number of nitrogens with zero attached hydrogens (tertiary/aromatic N) is 3. The fourth-order valence-corrected chi connectivity index (χ4v) is 4.81. The van der Waals surface area contributed by atoms with Crippen LogP contribution in [0.1, 0.15) is 31.2 Å². The Morgan fingerprint density at radius 2 is 1.69 bits per heavy atom. The van der Waals surface area contributed by atoms with E-state index in [1.54, 1.807) is 0 Å². The van der Waals surface area contributed by atoms with Crippen molar-refractivity contribution in [3.8, 4) is 0 Å². The highest BCUT2D eigenvalue weighted by Gasteiger charge is 2.36. The van der Waals surface area contributed by atoms with E-state index in [9.17, 15) is 18.0 Å². The van der Waals surface area contributed by atoms with Gasteiger partial charge in [0.2, 0.25) is 0 Å². The number of anilines is 3. The summed E-state index contributed by atoms with van der Waals surface area (Å²) in [6, 6.07) is 14.4. The molecule has 186 valence electrons. The summed E-state index contributed by atoms with van der Waals surface area (Å²) >= 11 is 0. The van der Waals surface area contributed by atoms with E-state index >= 15 is 0 Å². The summed E-state index contributed by atoms with van der Waals surface area (Å²) in [6.45, 7) is 0.161. The SMILES string of the molecule is CN(C)c1cc(NC2CCC(CN(C(N)=O)c3ccccc3C(F)(F)F)CC2)nc2ccccc12. The number of benzene rings is 2. The van der Waals surface area contributed by atoms with Gasteiger partial charge in [0, 0.05) is 43.8 Å². The lowest BCUT2D eigenvalue weighted by Gasteiger charge is -2.33. The van der Waals surface area contributed by atoms with E-state index < -0.39 is 17.8 Å². The first-order valence-electron chi connectivity index (χ1n) is 11.7. The van der Waals surface area contributed by atoms with E-state index in [-0.39, 0.29) is 24.2 Å². The molecule has 35 heavy (non-hydrogen) atoms. The summed E-state index contributed by atoms with van der Waals surface area (Å²) in [6.07, 6.45) is -1.38. The van der Waals surface area contributed by atoms with Crippen LogP contribution in [-0.4, -0.2) is 37.7 Å². The molecule has 1 aliphatic carbocycles. The van der Waals surface area contributed by atoms with Gasteiger partial charge in [-0.25, -0.2) is 9.78 Å². The smallest absolute Gasteiger partial charge is 0.377 e. The normalized spacial score (nSPS) is 18.3. The van der Waals surface area contributed by atoms with E-state index in [2.05, 4.69) is 10.2 Å². The minimum Gasteiger partial charge on any atom is -0.377 e. The Morgan fingerprint density at radius 1 is 1.03 bits per heavy atom. The second-order valence-corrected chi connectivity index (χ2v) is 9.26. The molecule has 3 N–H and O–H groups in total. The summed E-state index contributed by atoms with van der Waals surface area (Å²) in [5, 5.41) is 4.61. The highest BCUT2D eigenvalue weighted by molar-refractivity contribution is 5.93. The number of nitrogens with two attached hydrogens (primary N) is 1. The van der Waals surface area contributed by atoms with Crippen molar-refractivity contribution in [3.05, 3.63) is 60.2 Å². The minimum atomic E-state index is -4.57. The van der Waals surface area contributed by atoms with Gasteiger partial charge < -0.3 is 16.0 Å². The highest BCUT2D eigenvalue weighted by atomic mass is 19.4. The Morgan fingerprint density at radius 3 is 2.34 bits per heavy atom. The van der Waals surface area contributed by atoms with E-state index in [1.165, 1.54) is 18.2 Å². The molecule has 0 bridgehead atoms. The first kappa shape index (κ1) is 24.6. The molecule has 3 aromatic rings. The second kappa shape index (κ2) is 10.0. The molecule has 0 radical (unpaired) electrons. The monoisotopic (exact) mass is 485 g/mol. The van der Waals surface area contributed by atoms with Crippen molar-refractivity contribution in [2.75, 3.05) is 35.8 Å². The van der Waals surface area contributed by atoms with E-state index in [1.807, 2.05) is 44.4 Å². The number of para-hydroxylation sites is 2. The molecule has 0 unspecified atom stereocenters. The second-order valence-electron chi connectivity index (χ2n) is 9.26. The molecular formula is C26H30F3N5O. The molecule has 1 aliphatic rings. The molecule has 2 aromatic carbocycles. The Balaban J connectivity index is 1.43. The van der Waals surface area contributed by atoms with Crippen LogP contribution in [0.5, 0.6) is 0 Å². The average Bonchev–Trinajstić information content (AvgIpc) is 2.82. The minimum absolute atomic E-state index is 0.0590. The van der Waals surface area contributed by atoms with E-state index in [4.69, 9.17) is 10.7 Å². The summed E-state index contributed by atoms with van der Waals surface area (Å²) < 4.78 is 40.5. The van der Waals surface area contributed by atoms with Crippen LogP contribution in [0.2, 0.25) is 0 Å². The van der Waals surface area contributed by atoms with Gasteiger partial charge in [-0.2, -0.15) is 13.2 Å². The van der Waals surface area contributed by atoms with Crippen molar-refractivity contribution in [2.45, 2.75) is 37.9 Å². The van der Waals surface area contributed by atoms with Crippen molar-refractivity contribution in [2.24, 2.45) is 11.7 Å². The zero-order valence-electron chi connectivity index (χ0n) is 19.8. The first-order chi connectivity index (χ1) is 16.6. The lowest BCUT2D eigenvalue weighted by Crippen LogP contribution is -2.42. The molecular weight excluding hydrogens is 455 g/mol. The summed E-state index contributed by atoms with van der Waals surface area (Å²) in [5.41, 5.74) is 6.45. The number of urea groups is 1. The fraction of sp³-hybridized carbons (Fsp3) is 0.385. The molecule has 0 aliphatic heterocycles. The predicted octanol–water partition coefficient (Wildman–Crippen LogP) is 5.88. The molecule has 0 atom stereocenters. The van der Waals surface area contributed by atoms with Crippen LogP contribution in [0.3, 0.4) is 0 Å². The third-order valence-corrected chi connectivity index (χ3v) is 6.58. The number of aromatic nitrogens is 1. The summed E-state index contributed by atoms with van der Waals surface area (Å²) in [7, 11) is 4.00. The molecule has 6 nitrogen and oxygen atoms in total. The van der Waals surface area contributed by atoms with Crippen molar-refractivity contribution in [1.29, 1.82) is 0 Å². The number of primary amides is 1. The Labute approximate surface area is 202 Å². The summed E-state index contributed by atoms with van der Waals surface area (Å²) in [5.74, 6) is 0.859. The molecule has 1 aromatic heterocycles. The molecule has 9 heteroatoms. The third kappa shape index (κ3) is 5.61. The molecule has 2 amide bonds. The van der Waals surface area contributed by atoms with Gasteiger partial charge in [-0.15, -0.1) is 0 Å². The average molecular weight is 486 g/mol. The maximum absolute atomic E-state index is 13.5. The number of hydrogen-bond acceptors (Lipinski definition) is 4. The third-order valence-electron chi connectivity index (χ3n) is 6.58. The molecule has 0 saturated heterocycles. The molecule has 1 heterocycles.